The highest BCUT2D eigenvalue weighted by molar-refractivity contribution is 7.87. The van der Waals surface area contributed by atoms with Gasteiger partial charge in [-0.25, -0.2) is 4.39 Å². The fourth-order valence-corrected chi connectivity index (χ4v) is 4.23. The van der Waals surface area contributed by atoms with Crippen molar-refractivity contribution in [2.45, 2.75) is 56.9 Å². The summed E-state index contributed by atoms with van der Waals surface area (Å²) in [7, 11) is -0.105. The number of benzene rings is 2. The third-order valence-corrected chi connectivity index (χ3v) is 6.53. The highest BCUT2D eigenvalue weighted by Crippen LogP contribution is 2.20. The first-order valence-corrected chi connectivity index (χ1v) is 12.8. The first-order valence-electron chi connectivity index (χ1n) is 11.4. The highest BCUT2D eigenvalue weighted by atomic mass is 32.2. The zero-order valence-corrected chi connectivity index (χ0v) is 20.6. The van der Waals surface area contributed by atoms with E-state index in [1.54, 1.807) is 24.3 Å². The maximum absolute atomic E-state index is 13.1. The zero-order chi connectivity index (χ0) is 24.3. The summed E-state index contributed by atoms with van der Waals surface area (Å²) in [4.78, 5) is 16.6. The lowest BCUT2D eigenvalue weighted by atomic mass is 10.1. The van der Waals surface area contributed by atoms with E-state index in [0.717, 1.165) is 55.6 Å². The Morgan fingerprint density at radius 1 is 0.909 bits per heavy atom. The first-order chi connectivity index (χ1) is 15.7. The van der Waals surface area contributed by atoms with Gasteiger partial charge in [0, 0.05) is 26.1 Å². The molecule has 0 aliphatic carbocycles. The Morgan fingerprint density at radius 2 is 1.55 bits per heavy atom. The molecule has 0 aliphatic rings. The summed E-state index contributed by atoms with van der Waals surface area (Å²) in [6.45, 7) is 4.01. The molecule has 2 aromatic carbocycles. The van der Waals surface area contributed by atoms with E-state index in [9.17, 15) is 17.6 Å². The molecule has 0 atom stereocenters. The second-order valence-electron chi connectivity index (χ2n) is 8.42. The molecule has 0 saturated heterocycles. The maximum atomic E-state index is 13.1. The lowest BCUT2D eigenvalue weighted by Crippen LogP contribution is -2.36. The first kappa shape index (κ1) is 26.8. The molecule has 8 heteroatoms. The molecule has 0 fully saturated rings. The number of carbonyl (C=O) groups is 1. The minimum Gasteiger partial charge on any atom is -0.379 e. The van der Waals surface area contributed by atoms with E-state index in [4.69, 9.17) is 4.18 Å². The van der Waals surface area contributed by atoms with E-state index < -0.39 is 15.9 Å². The van der Waals surface area contributed by atoms with Gasteiger partial charge in [-0.2, -0.15) is 8.42 Å². The van der Waals surface area contributed by atoms with Gasteiger partial charge in [0.05, 0.1) is 0 Å². The highest BCUT2D eigenvalue weighted by Gasteiger charge is 2.18. The van der Waals surface area contributed by atoms with E-state index in [1.165, 1.54) is 12.8 Å². The number of hydrogen-bond acceptors (Lipinski definition) is 5. The quantitative estimate of drug-likeness (QED) is 0.287. The Balaban J connectivity index is 2.00. The summed E-state index contributed by atoms with van der Waals surface area (Å²) in [5.74, 6) is -0.231. The predicted molar refractivity (Wildman–Crippen MR) is 128 cm³/mol. The predicted octanol–water partition coefficient (Wildman–Crippen LogP) is 4.84. The van der Waals surface area contributed by atoms with Gasteiger partial charge in [-0.05, 0) is 62.5 Å². The van der Waals surface area contributed by atoms with Crippen LogP contribution in [-0.4, -0.2) is 51.3 Å². The molecule has 0 heterocycles. The second-order valence-corrected chi connectivity index (χ2v) is 9.96. The molecule has 2 aromatic rings. The van der Waals surface area contributed by atoms with E-state index in [-0.39, 0.29) is 16.6 Å². The number of likely N-dealkylation sites (N-methyl/N-ethyl adjacent to an activating group) is 1. The number of halogens is 1. The molecule has 0 aromatic heterocycles. The topological polar surface area (TPSA) is 66.9 Å². The van der Waals surface area contributed by atoms with Gasteiger partial charge in [0.25, 0.3) is 0 Å². The van der Waals surface area contributed by atoms with Crippen LogP contribution < -0.4 is 4.18 Å². The summed E-state index contributed by atoms with van der Waals surface area (Å²) in [5.41, 5.74) is 0.889. The summed E-state index contributed by atoms with van der Waals surface area (Å²) in [5, 5.41) is 0. The van der Waals surface area contributed by atoms with E-state index in [1.807, 2.05) is 23.9 Å². The van der Waals surface area contributed by atoms with Crippen molar-refractivity contribution >= 4 is 16.0 Å². The average molecular weight is 479 g/mol. The molecule has 0 spiro atoms. The van der Waals surface area contributed by atoms with Crippen LogP contribution in [0.2, 0.25) is 0 Å². The zero-order valence-electron chi connectivity index (χ0n) is 19.8. The molecule has 0 radical (unpaired) electrons. The summed E-state index contributed by atoms with van der Waals surface area (Å²) in [6, 6.07) is 11.1. The minimum atomic E-state index is -4.05. The standard InChI is InChI=1S/C25H35FN2O4S/c1-4-5-6-7-8-9-25(29)28(19-18-27(2)3)20-21-10-14-23(15-11-21)32-33(30,31)24-16-12-22(26)13-17-24/h10-17H,4-9,18-20H2,1-3H3. The van der Waals surface area contributed by atoms with Crippen LogP contribution >= 0.6 is 0 Å². The molecule has 182 valence electrons. The second kappa shape index (κ2) is 13.3. The van der Waals surface area contributed by atoms with Crippen molar-refractivity contribution in [2.75, 3.05) is 27.2 Å². The Labute approximate surface area is 197 Å². The van der Waals surface area contributed by atoms with Crippen molar-refractivity contribution in [3.05, 3.63) is 59.9 Å². The molecule has 33 heavy (non-hydrogen) atoms. The minimum absolute atomic E-state index is 0.118. The van der Waals surface area contributed by atoms with E-state index in [0.29, 0.717) is 19.5 Å². The van der Waals surface area contributed by atoms with Gasteiger partial charge < -0.3 is 14.0 Å². The largest absolute Gasteiger partial charge is 0.379 e. The third-order valence-electron chi connectivity index (χ3n) is 5.27. The van der Waals surface area contributed by atoms with Crippen LogP contribution in [-0.2, 0) is 21.5 Å². The van der Waals surface area contributed by atoms with Crippen molar-refractivity contribution in [1.82, 2.24) is 9.80 Å². The van der Waals surface area contributed by atoms with Gasteiger partial charge in [0.2, 0.25) is 5.91 Å². The molecular formula is C25H35FN2O4S. The molecule has 0 aliphatic heterocycles. The molecule has 0 N–H and O–H groups in total. The molecule has 6 nitrogen and oxygen atoms in total. The van der Waals surface area contributed by atoms with Gasteiger partial charge in [-0.3, -0.25) is 4.79 Å². The smallest absolute Gasteiger partial charge is 0.339 e. The van der Waals surface area contributed by atoms with Gasteiger partial charge >= 0.3 is 10.1 Å². The van der Waals surface area contributed by atoms with Gasteiger partial charge in [0.1, 0.15) is 16.5 Å². The molecule has 0 bridgehead atoms. The molecular weight excluding hydrogens is 443 g/mol. The van der Waals surface area contributed by atoms with Crippen molar-refractivity contribution in [3.63, 3.8) is 0 Å². The summed E-state index contributed by atoms with van der Waals surface area (Å²) >= 11 is 0. The van der Waals surface area contributed by atoms with Gasteiger partial charge in [-0.1, -0.05) is 44.7 Å². The van der Waals surface area contributed by atoms with Crippen LogP contribution in [0.1, 0.15) is 51.0 Å². The van der Waals surface area contributed by atoms with Crippen molar-refractivity contribution in [2.24, 2.45) is 0 Å². The van der Waals surface area contributed by atoms with Crippen LogP contribution in [0.3, 0.4) is 0 Å². The number of carbonyl (C=O) groups excluding carboxylic acids is 1. The monoisotopic (exact) mass is 478 g/mol. The number of nitrogens with zero attached hydrogens (tertiary/aromatic N) is 2. The van der Waals surface area contributed by atoms with E-state index >= 15 is 0 Å². The average Bonchev–Trinajstić information content (AvgIpc) is 2.77. The number of rotatable bonds is 14. The Morgan fingerprint density at radius 3 is 2.15 bits per heavy atom. The molecule has 1 amide bonds. The van der Waals surface area contributed by atoms with Gasteiger partial charge in [-0.15, -0.1) is 0 Å². The van der Waals surface area contributed by atoms with Crippen LogP contribution in [0.25, 0.3) is 0 Å². The van der Waals surface area contributed by atoms with Crippen molar-refractivity contribution in [3.8, 4) is 5.75 Å². The van der Waals surface area contributed by atoms with Crippen LogP contribution in [0.15, 0.2) is 53.4 Å². The third kappa shape index (κ3) is 9.52. The van der Waals surface area contributed by atoms with Crippen LogP contribution in [0.4, 0.5) is 4.39 Å². The summed E-state index contributed by atoms with van der Waals surface area (Å²) < 4.78 is 43.0. The number of hydrogen-bond donors (Lipinski definition) is 0. The van der Waals surface area contributed by atoms with Crippen molar-refractivity contribution in [1.29, 1.82) is 0 Å². The van der Waals surface area contributed by atoms with Crippen molar-refractivity contribution < 1.29 is 21.8 Å². The lowest BCUT2D eigenvalue weighted by Gasteiger charge is -2.25. The maximum Gasteiger partial charge on any atom is 0.339 e. The molecule has 0 saturated carbocycles. The molecule has 0 unspecified atom stereocenters. The SMILES string of the molecule is CCCCCCCC(=O)N(CCN(C)C)Cc1ccc(OS(=O)(=O)c2ccc(F)cc2)cc1. The number of amides is 1. The van der Waals surface area contributed by atoms with E-state index in [2.05, 4.69) is 6.92 Å². The fourth-order valence-electron chi connectivity index (χ4n) is 3.30. The Bertz CT molecular complexity index is 961. The molecule has 2 rings (SSSR count). The van der Waals surface area contributed by atoms with Crippen LogP contribution in [0.5, 0.6) is 5.75 Å². The van der Waals surface area contributed by atoms with Gasteiger partial charge in [0.15, 0.2) is 0 Å². The number of unbranched alkanes of at least 4 members (excludes halogenated alkanes) is 4. The Hall–Kier alpha value is -2.45. The van der Waals surface area contributed by atoms with Crippen LogP contribution in [0, 0.1) is 5.82 Å². The lowest BCUT2D eigenvalue weighted by molar-refractivity contribution is -0.132. The fraction of sp³-hybridized carbons (Fsp3) is 0.480. The Kier molecular flexibility index (Phi) is 10.8. The summed E-state index contributed by atoms with van der Waals surface area (Å²) in [6.07, 6.45) is 6.02. The normalized spacial score (nSPS) is 11.5.